The molecule has 3 rings (SSSR count). The summed E-state index contributed by atoms with van der Waals surface area (Å²) in [6.07, 6.45) is 1.71. The molecular formula is C21H33N5O5S. The molecule has 2 fully saturated rings. The number of carbonyl (C=O) groups excluding carboxylic acids is 2. The summed E-state index contributed by atoms with van der Waals surface area (Å²) in [6.45, 7) is 3.54. The first kappa shape index (κ1) is 24.6. The van der Waals surface area contributed by atoms with Gasteiger partial charge < -0.3 is 20.6 Å². The van der Waals surface area contributed by atoms with E-state index in [4.69, 9.17) is 5.73 Å². The molecule has 0 saturated carbocycles. The lowest BCUT2D eigenvalue weighted by Gasteiger charge is -2.40. The Morgan fingerprint density at radius 3 is 2.69 bits per heavy atom. The molecule has 2 amide bonds. The van der Waals surface area contributed by atoms with Crippen LogP contribution in [0.1, 0.15) is 24.8 Å². The van der Waals surface area contributed by atoms with Gasteiger partial charge in [-0.05, 0) is 44.5 Å². The summed E-state index contributed by atoms with van der Waals surface area (Å²) >= 11 is 0. The van der Waals surface area contributed by atoms with E-state index in [2.05, 4.69) is 9.62 Å². The van der Waals surface area contributed by atoms with Gasteiger partial charge in [-0.25, -0.2) is 8.42 Å². The maximum Gasteiger partial charge on any atom is 0.242 e. The highest BCUT2D eigenvalue weighted by molar-refractivity contribution is 7.89. The first-order valence-electron chi connectivity index (χ1n) is 10.9. The van der Waals surface area contributed by atoms with Crippen LogP contribution in [0.15, 0.2) is 23.1 Å². The third-order valence-corrected chi connectivity index (χ3v) is 7.91. The van der Waals surface area contributed by atoms with Crippen LogP contribution < -0.4 is 15.4 Å². The van der Waals surface area contributed by atoms with E-state index in [-0.39, 0.29) is 35.9 Å². The molecule has 0 radical (unpaired) electrons. The fourth-order valence-corrected chi connectivity index (χ4v) is 5.83. The van der Waals surface area contributed by atoms with Crippen LogP contribution >= 0.6 is 0 Å². The predicted octanol–water partition coefficient (Wildman–Crippen LogP) is -0.748. The van der Waals surface area contributed by atoms with Crippen molar-refractivity contribution in [2.24, 2.45) is 5.73 Å². The van der Waals surface area contributed by atoms with E-state index >= 15 is 0 Å². The van der Waals surface area contributed by atoms with Crippen molar-refractivity contribution in [3.05, 3.63) is 23.8 Å². The quantitative estimate of drug-likeness (QED) is 0.458. The Kier molecular flexibility index (Phi) is 7.88. The second-order valence-electron chi connectivity index (χ2n) is 8.39. The van der Waals surface area contributed by atoms with Crippen molar-refractivity contribution < 1.29 is 23.1 Å². The van der Waals surface area contributed by atoms with E-state index in [9.17, 15) is 23.1 Å². The number of hydrogen-bond donors (Lipinski definition) is 3. The van der Waals surface area contributed by atoms with E-state index in [1.807, 2.05) is 7.05 Å². The number of nitrogens with zero attached hydrogens (tertiary/aromatic N) is 3. The molecular weight excluding hydrogens is 434 g/mol. The number of hydrogen-bond acceptors (Lipinski definition) is 7. The zero-order valence-electron chi connectivity index (χ0n) is 18.7. The third kappa shape index (κ3) is 5.12. The van der Waals surface area contributed by atoms with Gasteiger partial charge in [0.15, 0.2) is 0 Å². The van der Waals surface area contributed by atoms with E-state index in [1.165, 1.54) is 6.07 Å². The molecule has 10 nitrogen and oxygen atoms in total. The Morgan fingerprint density at radius 1 is 1.31 bits per heavy atom. The topological polar surface area (TPSA) is 136 Å². The molecule has 2 saturated heterocycles. The number of nitrogens with one attached hydrogen (secondary N) is 1. The molecule has 2 aliphatic heterocycles. The number of sulfonamides is 1. The van der Waals surface area contributed by atoms with Gasteiger partial charge in [-0.1, -0.05) is 6.07 Å². The van der Waals surface area contributed by atoms with E-state index < -0.39 is 16.1 Å². The number of aliphatic hydroxyl groups excluding tert-OH is 1. The number of nitrogens with two attached hydrogens (primary N) is 1. The summed E-state index contributed by atoms with van der Waals surface area (Å²) in [4.78, 5) is 30.5. The minimum atomic E-state index is -4.06. The molecule has 2 aliphatic rings. The number of likely N-dealkylation sites (N-methyl/N-ethyl adjacent to an activating group) is 1. The summed E-state index contributed by atoms with van der Waals surface area (Å²) in [6, 6.07) is 3.70. The number of piperazine rings is 1. The summed E-state index contributed by atoms with van der Waals surface area (Å²) in [5.74, 6) is -0.409. The van der Waals surface area contributed by atoms with E-state index in [0.29, 0.717) is 50.3 Å². The number of anilines is 1. The monoisotopic (exact) mass is 467 g/mol. The van der Waals surface area contributed by atoms with Crippen LogP contribution in [0.5, 0.6) is 0 Å². The lowest BCUT2D eigenvalue weighted by Crippen LogP contribution is -2.59. The van der Waals surface area contributed by atoms with Gasteiger partial charge in [0.1, 0.15) is 6.04 Å². The lowest BCUT2D eigenvalue weighted by atomic mass is 10.1. The molecule has 178 valence electrons. The molecule has 0 aromatic heterocycles. The molecule has 1 unspecified atom stereocenters. The van der Waals surface area contributed by atoms with Crippen molar-refractivity contribution in [2.75, 3.05) is 51.3 Å². The Hall–Kier alpha value is -2.05. The Bertz CT molecular complexity index is 954. The summed E-state index contributed by atoms with van der Waals surface area (Å²) < 4.78 is 28.9. The zero-order chi connectivity index (χ0) is 23.5. The highest BCUT2D eigenvalue weighted by atomic mass is 32.2. The van der Waals surface area contributed by atoms with Gasteiger partial charge in [-0.3, -0.25) is 14.5 Å². The molecule has 1 aromatic rings. The molecule has 32 heavy (non-hydrogen) atoms. The molecule has 0 aliphatic carbocycles. The highest BCUT2D eigenvalue weighted by Gasteiger charge is 2.34. The number of benzene rings is 1. The summed E-state index contributed by atoms with van der Waals surface area (Å²) in [5.41, 5.74) is 6.82. The van der Waals surface area contributed by atoms with Crippen molar-refractivity contribution >= 4 is 27.5 Å². The first-order valence-corrected chi connectivity index (χ1v) is 12.4. The van der Waals surface area contributed by atoms with Crippen LogP contribution in [-0.2, 0) is 19.6 Å². The van der Waals surface area contributed by atoms with Gasteiger partial charge in [-0.2, -0.15) is 4.72 Å². The number of rotatable bonds is 8. The highest BCUT2D eigenvalue weighted by Crippen LogP contribution is 2.29. The smallest absolute Gasteiger partial charge is 0.242 e. The maximum atomic E-state index is 13.2. The minimum absolute atomic E-state index is 0.00431. The zero-order valence-corrected chi connectivity index (χ0v) is 19.5. The minimum Gasteiger partial charge on any atom is -0.396 e. The predicted molar refractivity (Wildman–Crippen MR) is 121 cm³/mol. The van der Waals surface area contributed by atoms with Gasteiger partial charge in [-0.15, -0.1) is 0 Å². The van der Waals surface area contributed by atoms with Gasteiger partial charge in [0.25, 0.3) is 0 Å². The van der Waals surface area contributed by atoms with Crippen molar-refractivity contribution in [1.29, 1.82) is 0 Å². The molecule has 2 heterocycles. The SMILES string of the molecule is Cc1c(N2CCCC2=O)cccc1S(=O)(=O)N[C@@H](CN)C(=O)N1CCN(C)C(CCO)C1. The fraction of sp³-hybridized carbons (Fsp3) is 0.619. The Balaban J connectivity index is 1.79. The number of carbonyl (C=O) groups is 2. The molecule has 0 bridgehead atoms. The van der Waals surface area contributed by atoms with Crippen molar-refractivity contribution in [3.63, 3.8) is 0 Å². The summed E-state index contributed by atoms with van der Waals surface area (Å²) in [5, 5.41) is 9.27. The average molecular weight is 468 g/mol. The normalized spacial score (nSPS) is 21.2. The van der Waals surface area contributed by atoms with Crippen LogP contribution in [0.4, 0.5) is 5.69 Å². The van der Waals surface area contributed by atoms with Gasteiger partial charge in [0.05, 0.1) is 4.90 Å². The van der Waals surface area contributed by atoms with Crippen LogP contribution in [-0.4, -0.2) is 93.6 Å². The van der Waals surface area contributed by atoms with E-state index in [1.54, 1.807) is 28.9 Å². The summed E-state index contributed by atoms with van der Waals surface area (Å²) in [7, 11) is -2.12. The van der Waals surface area contributed by atoms with E-state index in [0.717, 1.165) is 6.42 Å². The van der Waals surface area contributed by atoms with Gasteiger partial charge in [0, 0.05) is 57.5 Å². The molecule has 2 atom stereocenters. The maximum absolute atomic E-state index is 13.2. The van der Waals surface area contributed by atoms with Gasteiger partial charge >= 0.3 is 0 Å². The second kappa shape index (κ2) is 10.3. The third-order valence-electron chi connectivity index (χ3n) is 6.29. The van der Waals surface area contributed by atoms with Crippen molar-refractivity contribution in [1.82, 2.24) is 14.5 Å². The van der Waals surface area contributed by atoms with Gasteiger partial charge in [0.2, 0.25) is 21.8 Å². The average Bonchev–Trinajstić information content (AvgIpc) is 3.19. The molecule has 0 spiro atoms. The second-order valence-corrected chi connectivity index (χ2v) is 10.1. The molecule has 11 heteroatoms. The first-order chi connectivity index (χ1) is 15.2. The molecule has 4 N–H and O–H groups in total. The van der Waals surface area contributed by atoms with Crippen molar-refractivity contribution in [2.45, 2.75) is 43.2 Å². The Morgan fingerprint density at radius 2 is 2.06 bits per heavy atom. The fourth-order valence-electron chi connectivity index (χ4n) is 4.37. The van der Waals surface area contributed by atoms with Crippen LogP contribution in [0.25, 0.3) is 0 Å². The van der Waals surface area contributed by atoms with Crippen molar-refractivity contribution in [3.8, 4) is 0 Å². The number of amides is 2. The largest absolute Gasteiger partial charge is 0.396 e. The molecule has 1 aromatic carbocycles. The number of aliphatic hydroxyl groups is 1. The lowest BCUT2D eigenvalue weighted by molar-refractivity contribution is -0.135. The van der Waals surface area contributed by atoms with Crippen LogP contribution in [0.3, 0.4) is 0 Å². The Labute approximate surface area is 189 Å². The van der Waals surface area contributed by atoms with Crippen LogP contribution in [0.2, 0.25) is 0 Å². The van der Waals surface area contributed by atoms with Crippen LogP contribution in [0, 0.1) is 6.92 Å². The standard InChI is InChI=1S/C21H33N5O5S/c1-15-18(26-9-4-7-20(26)28)5-3-6-19(15)32(30,31)23-17(13-22)21(29)25-11-10-24(2)16(14-25)8-12-27/h3,5-6,16-17,23,27H,4,7-14,22H2,1-2H3/t16?,17-/m0/s1.